The molecule has 0 saturated heterocycles. The van der Waals surface area contributed by atoms with Gasteiger partial charge in [0.1, 0.15) is 17.4 Å². The molecule has 7 heteroatoms. The Bertz CT molecular complexity index is 592. The van der Waals surface area contributed by atoms with E-state index in [-0.39, 0.29) is 12.2 Å². The van der Waals surface area contributed by atoms with Crippen LogP contribution in [0.5, 0.6) is 5.75 Å². The molecule has 24 heavy (non-hydrogen) atoms. The summed E-state index contributed by atoms with van der Waals surface area (Å²) in [6.07, 6.45) is 0.807. The first-order valence-corrected chi connectivity index (χ1v) is 7.52. The fraction of sp³-hybridized carbons (Fsp3) is 0.471. The van der Waals surface area contributed by atoms with Crippen LogP contribution in [-0.2, 0) is 20.7 Å². The van der Waals surface area contributed by atoms with Gasteiger partial charge in [-0.1, -0.05) is 12.1 Å². The van der Waals surface area contributed by atoms with Crippen LogP contribution in [0.1, 0.15) is 33.3 Å². The van der Waals surface area contributed by atoms with Crippen molar-refractivity contribution in [2.24, 2.45) is 5.73 Å². The van der Waals surface area contributed by atoms with Gasteiger partial charge in [0.2, 0.25) is 12.2 Å². The van der Waals surface area contributed by atoms with Gasteiger partial charge in [-0.2, -0.15) is 0 Å². The number of carbonyl (C=O) groups is 2. The summed E-state index contributed by atoms with van der Waals surface area (Å²) in [5, 5.41) is 9.26. The van der Waals surface area contributed by atoms with Crippen LogP contribution in [0.25, 0.3) is 0 Å². The highest BCUT2D eigenvalue weighted by Crippen LogP contribution is 2.15. The first-order chi connectivity index (χ1) is 11.0. The zero-order chi connectivity index (χ0) is 18.5. The Balaban J connectivity index is 2.92. The summed E-state index contributed by atoms with van der Waals surface area (Å²) in [6.45, 7) is 6.32. The van der Waals surface area contributed by atoms with Gasteiger partial charge < -0.3 is 15.6 Å². The molecule has 0 saturated carbocycles. The number of imide groups is 1. The molecule has 0 fully saturated rings. The van der Waals surface area contributed by atoms with E-state index in [1.807, 2.05) is 0 Å². The fourth-order valence-electron chi connectivity index (χ4n) is 1.95. The normalized spacial score (nSPS) is 13.7. The Morgan fingerprint density at radius 1 is 1.29 bits per heavy atom. The van der Waals surface area contributed by atoms with Crippen LogP contribution in [0.2, 0.25) is 0 Å². The number of nitrogens with zero attached hydrogens (tertiary/aromatic N) is 1. The summed E-state index contributed by atoms with van der Waals surface area (Å²) in [7, 11) is 0. The highest BCUT2D eigenvalue weighted by molar-refractivity contribution is 5.97. The van der Waals surface area contributed by atoms with E-state index >= 15 is 0 Å². The van der Waals surface area contributed by atoms with Gasteiger partial charge in [-0.3, -0.25) is 9.59 Å². The summed E-state index contributed by atoms with van der Waals surface area (Å²) in [5.41, 5.74) is 5.78. The van der Waals surface area contributed by atoms with Gasteiger partial charge in [0.05, 0.1) is 6.04 Å². The maximum atomic E-state index is 12.5. The molecule has 0 aliphatic rings. The quantitative estimate of drug-likeness (QED) is 0.844. The van der Waals surface area contributed by atoms with Crippen molar-refractivity contribution in [2.75, 3.05) is 0 Å². The third-order valence-corrected chi connectivity index (χ3v) is 3.09. The molecule has 2 amide bonds. The van der Waals surface area contributed by atoms with E-state index in [4.69, 9.17) is 10.5 Å². The van der Waals surface area contributed by atoms with Crippen molar-refractivity contribution in [3.05, 3.63) is 29.8 Å². The lowest BCUT2D eigenvalue weighted by Gasteiger charge is -2.29. The molecular weight excluding hydrogens is 312 g/mol. The van der Waals surface area contributed by atoms with Gasteiger partial charge in [0.15, 0.2) is 0 Å². The van der Waals surface area contributed by atoms with Crippen LogP contribution in [0.4, 0.5) is 4.79 Å². The smallest absolute Gasteiger partial charge is 0.417 e. The predicted molar refractivity (Wildman–Crippen MR) is 88.0 cm³/mol. The third kappa shape index (κ3) is 5.66. The Hall–Kier alpha value is -2.41. The Kier molecular flexibility index (Phi) is 6.48. The fourth-order valence-corrected chi connectivity index (χ4v) is 1.95. The number of hydrogen-bond donors (Lipinski definition) is 2. The molecule has 0 unspecified atom stereocenters. The maximum Gasteiger partial charge on any atom is 0.417 e. The third-order valence-electron chi connectivity index (χ3n) is 3.09. The molecule has 0 aliphatic carbocycles. The number of ether oxygens (including phenoxy) is 1. The SMILES string of the molecule is C[C@H]([C]=O)N(C(=O)OC(C)(C)C)C(=O)[C@@H](N)Cc1ccc(O)cc1. The van der Waals surface area contributed by atoms with Gasteiger partial charge >= 0.3 is 6.09 Å². The van der Waals surface area contributed by atoms with Gasteiger partial charge in [-0.25, -0.2) is 9.69 Å². The largest absolute Gasteiger partial charge is 0.508 e. The van der Waals surface area contributed by atoms with Crippen molar-refractivity contribution in [2.45, 2.75) is 51.8 Å². The lowest BCUT2D eigenvalue weighted by atomic mass is 10.0. The van der Waals surface area contributed by atoms with Crippen LogP contribution >= 0.6 is 0 Å². The summed E-state index contributed by atoms with van der Waals surface area (Å²) < 4.78 is 5.16. The standard InChI is InChI=1S/C17H23N2O5/c1-11(10-20)19(16(23)24-17(2,3)4)15(22)14(18)9-12-5-7-13(21)8-6-12/h5-8,11,14,21H,9,18H2,1-4H3/t11-,14+/m1/s1. The van der Waals surface area contributed by atoms with Crippen molar-refractivity contribution < 1.29 is 24.2 Å². The highest BCUT2D eigenvalue weighted by atomic mass is 16.6. The number of phenolic OH excluding ortho intramolecular Hbond substituents is 1. The first-order valence-electron chi connectivity index (χ1n) is 7.52. The van der Waals surface area contributed by atoms with Crippen LogP contribution in [-0.4, -0.2) is 46.0 Å². The van der Waals surface area contributed by atoms with Gasteiger partial charge in [0, 0.05) is 0 Å². The van der Waals surface area contributed by atoms with Crippen molar-refractivity contribution in [1.82, 2.24) is 4.90 Å². The van der Waals surface area contributed by atoms with Gasteiger partial charge in [0.25, 0.3) is 0 Å². The van der Waals surface area contributed by atoms with E-state index in [0.717, 1.165) is 0 Å². The summed E-state index contributed by atoms with van der Waals surface area (Å²) in [5.74, 6) is -0.633. The molecule has 2 atom stereocenters. The molecule has 1 rings (SSSR count). The number of hydrogen-bond acceptors (Lipinski definition) is 6. The van der Waals surface area contributed by atoms with Crippen molar-refractivity contribution in [1.29, 1.82) is 0 Å². The Morgan fingerprint density at radius 2 is 1.83 bits per heavy atom. The second-order valence-corrected chi connectivity index (χ2v) is 6.46. The van der Waals surface area contributed by atoms with E-state index in [9.17, 15) is 19.5 Å². The van der Waals surface area contributed by atoms with E-state index in [1.165, 1.54) is 19.1 Å². The molecule has 0 spiro atoms. The van der Waals surface area contributed by atoms with E-state index in [2.05, 4.69) is 0 Å². The number of aromatic hydroxyl groups is 1. The second-order valence-electron chi connectivity index (χ2n) is 6.46. The van der Waals surface area contributed by atoms with Crippen LogP contribution in [0.3, 0.4) is 0 Å². The summed E-state index contributed by atoms with van der Waals surface area (Å²) in [6, 6.07) is 4.03. The Labute approximate surface area is 141 Å². The predicted octanol–water partition coefficient (Wildman–Crippen LogP) is 1.52. The molecule has 0 aromatic heterocycles. The first kappa shape index (κ1) is 19.6. The van der Waals surface area contributed by atoms with Crippen LogP contribution < -0.4 is 5.73 Å². The minimum Gasteiger partial charge on any atom is -0.508 e. The topological polar surface area (TPSA) is 110 Å². The molecule has 1 radical (unpaired) electrons. The summed E-state index contributed by atoms with van der Waals surface area (Å²) in [4.78, 5) is 36.4. The number of amides is 2. The van der Waals surface area contributed by atoms with Gasteiger partial charge in [-0.05, 0) is 51.8 Å². The van der Waals surface area contributed by atoms with Gasteiger partial charge in [-0.15, -0.1) is 0 Å². The molecule has 1 aromatic rings. The van der Waals surface area contributed by atoms with E-state index in [0.29, 0.717) is 10.5 Å². The second kappa shape index (κ2) is 7.92. The molecule has 0 aliphatic heterocycles. The molecule has 0 heterocycles. The van der Waals surface area contributed by atoms with Crippen LogP contribution in [0, 0.1) is 0 Å². The summed E-state index contributed by atoms with van der Waals surface area (Å²) >= 11 is 0. The van der Waals surface area contributed by atoms with Crippen molar-refractivity contribution in [3.63, 3.8) is 0 Å². The minimum absolute atomic E-state index is 0.0956. The number of phenols is 1. The molecule has 3 N–H and O–H groups in total. The molecule has 131 valence electrons. The van der Waals surface area contributed by atoms with Crippen molar-refractivity contribution >= 4 is 18.3 Å². The zero-order valence-corrected chi connectivity index (χ0v) is 14.3. The van der Waals surface area contributed by atoms with Crippen molar-refractivity contribution in [3.8, 4) is 5.75 Å². The lowest BCUT2D eigenvalue weighted by molar-refractivity contribution is -0.132. The average Bonchev–Trinajstić information content (AvgIpc) is 2.47. The zero-order valence-electron chi connectivity index (χ0n) is 14.3. The number of nitrogens with two attached hydrogens (primary N) is 1. The molecule has 7 nitrogen and oxygen atoms in total. The average molecular weight is 335 g/mol. The molecular formula is C17H23N2O5. The number of rotatable bonds is 5. The van der Waals surface area contributed by atoms with E-state index < -0.39 is 29.7 Å². The maximum absolute atomic E-state index is 12.5. The highest BCUT2D eigenvalue weighted by Gasteiger charge is 2.34. The molecule has 0 bridgehead atoms. The van der Waals surface area contributed by atoms with Crippen LogP contribution in [0.15, 0.2) is 24.3 Å². The number of carbonyl (C=O) groups excluding carboxylic acids is 3. The number of benzene rings is 1. The van der Waals surface area contributed by atoms with E-state index in [1.54, 1.807) is 39.2 Å². The minimum atomic E-state index is -1.11. The Morgan fingerprint density at radius 3 is 2.29 bits per heavy atom. The monoisotopic (exact) mass is 335 g/mol. The lowest BCUT2D eigenvalue weighted by Crippen LogP contribution is -2.53. The molecule has 1 aromatic carbocycles.